The van der Waals surface area contributed by atoms with E-state index in [4.69, 9.17) is 23.7 Å². The van der Waals surface area contributed by atoms with Crippen molar-refractivity contribution in [2.75, 3.05) is 20.3 Å². The first-order chi connectivity index (χ1) is 18.1. The van der Waals surface area contributed by atoms with E-state index in [1.807, 2.05) is 0 Å². The van der Waals surface area contributed by atoms with Crippen molar-refractivity contribution in [1.29, 1.82) is 0 Å². The summed E-state index contributed by atoms with van der Waals surface area (Å²) in [6, 6.07) is 4.07. The summed E-state index contributed by atoms with van der Waals surface area (Å²) in [5.41, 5.74) is 0.560. The summed E-state index contributed by atoms with van der Waals surface area (Å²) >= 11 is 0. The van der Waals surface area contributed by atoms with Crippen LogP contribution in [0.4, 0.5) is 0 Å². The van der Waals surface area contributed by atoms with E-state index in [-0.39, 0.29) is 35.9 Å². The minimum absolute atomic E-state index is 0.0181. The summed E-state index contributed by atoms with van der Waals surface area (Å²) in [4.78, 5) is 25.6. The quantitative estimate of drug-likeness (QED) is 0.177. The topological polar surface area (TPSA) is 202 Å². The number of ether oxygens (including phenoxy) is 5. The summed E-state index contributed by atoms with van der Waals surface area (Å²) in [5.74, 6) is -3.43. The van der Waals surface area contributed by atoms with E-state index in [0.29, 0.717) is 5.56 Å². The molecule has 1 saturated heterocycles. The van der Waals surface area contributed by atoms with Crippen molar-refractivity contribution < 1.29 is 63.9 Å². The normalized spacial score (nSPS) is 35.7. The van der Waals surface area contributed by atoms with Crippen LogP contribution in [0.5, 0.6) is 11.5 Å². The highest BCUT2D eigenvalue weighted by Crippen LogP contribution is 2.46. The van der Waals surface area contributed by atoms with Crippen molar-refractivity contribution in [3.05, 3.63) is 35.6 Å². The summed E-state index contributed by atoms with van der Waals surface area (Å²) in [5, 5.41) is 59.0. The van der Waals surface area contributed by atoms with Gasteiger partial charge in [-0.05, 0) is 17.7 Å². The molecule has 0 radical (unpaired) electrons. The van der Waals surface area contributed by atoms with Crippen LogP contribution < -0.4 is 0 Å². The second kappa shape index (κ2) is 11.5. The van der Waals surface area contributed by atoms with Crippen LogP contribution in [-0.4, -0.2) is 99.7 Å². The van der Waals surface area contributed by atoms with Gasteiger partial charge in [0.15, 0.2) is 17.8 Å². The first kappa shape index (κ1) is 28.2. The molecule has 13 nitrogen and oxygen atoms in total. The van der Waals surface area contributed by atoms with Gasteiger partial charge in [-0.2, -0.15) is 0 Å². The third-order valence-corrected chi connectivity index (χ3v) is 7.39. The lowest BCUT2D eigenvalue weighted by Crippen LogP contribution is -2.60. The molecule has 10 unspecified atom stereocenters. The van der Waals surface area contributed by atoms with Crippen molar-refractivity contribution in [3.8, 4) is 11.5 Å². The molecule has 0 aromatic heterocycles. The highest BCUT2D eigenvalue weighted by Gasteiger charge is 2.53. The number of hydrogen-bond acceptors (Lipinski definition) is 13. The average Bonchev–Trinajstić information content (AvgIpc) is 3.20. The van der Waals surface area contributed by atoms with Crippen molar-refractivity contribution in [2.45, 2.75) is 56.4 Å². The van der Waals surface area contributed by atoms with Gasteiger partial charge in [-0.1, -0.05) is 13.0 Å². The summed E-state index contributed by atoms with van der Waals surface area (Å²) in [7, 11) is 1.39. The first-order valence-corrected chi connectivity index (χ1v) is 12.1. The Morgan fingerprint density at radius 1 is 1.11 bits per heavy atom. The predicted octanol–water partition coefficient (Wildman–Crippen LogP) is -0.773. The molecular weight excluding hydrogens is 508 g/mol. The van der Waals surface area contributed by atoms with Crippen molar-refractivity contribution in [3.63, 3.8) is 0 Å². The van der Waals surface area contributed by atoms with Crippen LogP contribution in [0, 0.1) is 17.8 Å². The van der Waals surface area contributed by atoms with Gasteiger partial charge in [-0.3, -0.25) is 4.79 Å². The van der Waals surface area contributed by atoms with Gasteiger partial charge in [0.2, 0.25) is 6.29 Å². The maximum absolute atomic E-state index is 13.0. The van der Waals surface area contributed by atoms with E-state index in [1.54, 1.807) is 6.92 Å². The molecule has 6 N–H and O–H groups in total. The van der Waals surface area contributed by atoms with Gasteiger partial charge in [0, 0.05) is 31.3 Å². The number of rotatable bonds is 8. The van der Waals surface area contributed by atoms with Crippen LogP contribution in [0.25, 0.3) is 0 Å². The minimum atomic E-state index is -1.66. The fraction of sp³-hybridized carbons (Fsp3) is 0.600. The third-order valence-electron chi connectivity index (χ3n) is 7.39. The molecule has 0 bridgehead atoms. The SMILES string of the molecule is COC(COC(=O)C1=COC(OC2OC(CO)C(O)C(O)C2O)C2C(C)C(=O)CC12)c1ccc(O)c(O)c1. The molecule has 1 aliphatic carbocycles. The van der Waals surface area contributed by atoms with E-state index < -0.39 is 73.4 Å². The van der Waals surface area contributed by atoms with Crippen LogP contribution in [0.3, 0.4) is 0 Å². The Kier molecular flexibility index (Phi) is 8.57. The Morgan fingerprint density at radius 2 is 1.84 bits per heavy atom. The number of fused-ring (bicyclic) bond motifs is 1. The Balaban J connectivity index is 1.47. The number of hydrogen-bond donors (Lipinski definition) is 6. The maximum Gasteiger partial charge on any atom is 0.337 e. The summed E-state index contributed by atoms with van der Waals surface area (Å²) in [6.07, 6.45) is -8.31. The molecule has 38 heavy (non-hydrogen) atoms. The number of carbonyl (C=O) groups is 2. The number of benzene rings is 1. The van der Waals surface area contributed by atoms with Gasteiger partial charge in [-0.25, -0.2) is 4.79 Å². The molecule has 210 valence electrons. The summed E-state index contributed by atoms with van der Waals surface area (Å²) < 4.78 is 27.6. The van der Waals surface area contributed by atoms with Gasteiger partial charge >= 0.3 is 5.97 Å². The zero-order chi connectivity index (χ0) is 27.7. The number of Topliss-reactive ketones (excluding diaryl/α,β-unsaturated/α-hetero) is 1. The second-order valence-corrected chi connectivity index (χ2v) is 9.62. The molecule has 3 aliphatic rings. The number of ketones is 1. The van der Waals surface area contributed by atoms with Crippen LogP contribution in [0.2, 0.25) is 0 Å². The number of phenolic OH excluding ortho intramolecular Hbond substituents is 2. The maximum atomic E-state index is 13.0. The highest BCUT2D eigenvalue weighted by molar-refractivity contribution is 5.93. The number of aromatic hydroxyl groups is 2. The Hall–Kier alpha value is -2.78. The number of esters is 1. The van der Waals surface area contributed by atoms with E-state index in [1.165, 1.54) is 25.3 Å². The van der Waals surface area contributed by atoms with Crippen LogP contribution in [0.1, 0.15) is 25.0 Å². The summed E-state index contributed by atoms with van der Waals surface area (Å²) in [6.45, 7) is 0.786. The zero-order valence-corrected chi connectivity index (χ0v) is 20.7. The molecule has 10 atom stereocenters. The monoisotopic (exact) mass is 540 g/mol. The molecule has 0 amide bonds. The Labute approximate surface area is 217 Å². The van der Waals surface area contributed by atoms with Gasteiger partial charge in [0.1, 0.15) is 42.9 Å². The highest BCUT2D eigenvalue weighted by atomic mass is 16.8. The number of aliphatic hydroxyl groups is 4. The van der Waals surface area contributed by atoms with Crippen LogP contribution in [-0.2, 0) is 33.3 Å². The molecule has 4 rings (SSSR count). The number of carbonyl (C=O) groups excluding carboxylic acids is 2. The molecule has 2 fully saturated rings. The lowest BCUT2D eigenvalue weighted by Gasteiger charge is -2.42. The predicted molar refractivity (Wildman–Crippen MR) is 124 cm³/mol. The van der Waals surface area contributed by atoms with Gasteiger partial charge < -0.3 is 54.3 Å². The number of aliphatic hydroxyl groups excluding tert-OH is 4. The average molecular weight is 541 g/mol. The second-order valence-electron chi connectivity index (χ2n) is 9.62. The molecule has 2 heterocycles. The van der Waals surface area contributed by atoms with E-state index in [2.05, 4.69) is 0 Å². The fourth-order valence-corrected chi connectivity index (χ4v) is 5.07. The van der Waals surface area contributed by atoms with Gasteiger partial charge in [0.05, 0.1) is 18.4 Å². The molecule has 13 heteroatoms. The number of phenols is 2. The molecular formula is C25H32O13. The van der Waals surface area contributed by atoms with Crippen LogP contribution >= 0.6 is 0 Å². The zero-order valence-electron chi connectivity index (χ0n) is 20.7. The van der Waals surface area contributed by atoms with E-state index >= 15 is 0 Å². The largest absolute Gasteiger partial charge is 0.504 e. The van der Waals surface area contributed by atoms with Crippen LogP contribution in [0.15, 0.2) is 30.0 Å². The van der Waals surface area contributed by atoms with Gasteiger partial charge in [-0.15, -0.1) is 0 Å². The molecule has 1 aromatic rings. The lowest BCUT2D eigenvalue weighted by molar-refractivity contribution is -0.342. The van der Waals surface area contributed by atoms with E-state index in [9.17, 15) is 40.2 Å². The fourth-order valence-electron chi connectivity index (χ4n) is 5.07. The molecule has 2 aliphatic heterocycles. The molecule has 1 aromatic carbocycles. The minimum Gasteiger partial charge on any atom is -0.504 e. The van der Waals surface area contributed by atoms with Crippen molar-refractivity contribution in [2.24, 2.45) is 17.8 Å². The standard InChI is InChI=1S/C25H32O13/c1-10-15(28)6-12-13(23(33)35-9-18(34-2)11-3-4-14(27)16(29)5-11)8-36-24(19(10)12)38-25-22(32)21(31)20(30)17(7-26)37-25/h3-5,8,10,12,17-22,24-27,29-32H,6-7,9H2,1-2H3. The Bertz CT molecular complexity index is 1060. The lowest BCUT2D eigenvalue weighted by atomic mass is 9.83. The third kappa shape index (κ3) is 5.36. The van der Waals surface area contributed by atoms with Crippen molar-refractivity contribution >= 4 is 11.8 Å². The molecule has 0 spiro atoms. The first-order valence-electron chi connectivity index (χ1n) is 12.1. The van der Waals surface area contributed by atoms with Gasteiger partial charge in [0.25, 0.3) is 0 Å². The van der Waals surface area contributed by atoms with E-state index in [0.717, 1.165) is 6.26 Å². The smallest absolute Gasteiger partial charge is 0.337 e. The number of methoxy groups -OCH3 is 1. The Morgan fingerprint density at radius 3 is 2.50 bits per heavy atom. The van der Waals surface area contributed by atoms with Crippen molar-refractivity contribution in [1.82, 2.24) is 0 Å². The molecule has 1 saturated carbocycles.